The largest absolute Gasteiger partial charge is 0.495 e. The van der Waals surface area contributed by atoms with Gasteiger partial charge in [-0.1, -0.05) is 29.8 Å². The van der Waals surface area contributed by atoms with Crippen LogP contribution in [0.5, 0.6) is 5.75 Å². The second-order valence-corrected chi connectivity index (χ2v) is 6.81. The molecule has 0 radical (unpaired) electrons. The van der Waals surface area contributed by atoms with Crippen LogP contribution in [0.4, 0.5) is 11.4 Å². The van der Waals surface area contributed by atoms with Crippen LogP contribution < -0.4 is 15.4 Å². The molecule has 1 heterocycles. The van der Waals surface area contributed by atoms with Crippen LogP contribution in [0.2, 0.25) is 0 Å². The zero-order chi connectivity index (χ0) is 21.0. The van der Waals surface area contributed by atoms with E-state index in [-0.39, 0.29) is 17.5 Å². The van der Waals surface area contributed by atoms with E-state index in [9.17, 15) is 9.59 Å². The number of nitrogens with one attached hydrogen (secondary N) is 2. The first-order valence-electron chi connectivity index (χ1n) is 9.18. The number of hydrogen-bond donors (Lipinski definition) is 2. The average Bonchev–Trinajstić information content (AvgIpc) is 2.71. The molecule has 2 aromatic carbocycles. The summed E-state index contributed by atoms with van der Waals surface area (Å²) >= 11 is 0. The predicted octanol–water partition coefficient (Wildman–Crippen LogP) is 4.52. The molecular weight excluding hydrogens is 366 g/mol. The van der Waals surface area contributed by atoms with Gasteiger partial charge in [0.15, 0.2) is 0 Å². The highest BCUT2D eigenvalue weighted by Gasteiger charge is 2.15. The number of benzene rings is 2. The first kappa shape index (κ1) is 20.1. The molecule has 3 aromatic rings. The topological polar surface area (TPSA) is 80.3 Å². The molecule has 148 valence electrons. The molecule has 0 atom stereocenters. The molecule has 0 saturated heterocycles. The van der Waals surface area contributed by atoms with Gasteiger partial charge >= 0.3 is 0 Å². The van der Waals surface area contributed by atoms with Crippen molar-refractivity contribution in [3.63, 3.8) is 0 Å². The molecule has 1 aromatic heterocycles. The van der Waals surface area contributed by atoms with Crippen molar-refractivity contribution in [3.8, 4) is 5.75 Å². The molecule has 0 aliphatic rings. The van der Waals surface area contributed by atoms with Gasteiger partial charge in [0.1, 0.15) is 11.4 Å². The van der Waals surface area contributed by atoms with E-state index in [1.54, 1.807) is 24.3 Å². The first-order chi connectivity index (χ1) is 13.9. The summed E-state index contributed by atoms with van der Waals surface area (Å²) in [6.07, 6.45) is 1.45. The summed E-state index contributed by atoms with van der Waals surface area (Å²) in [6.45, 7) is 5.90. The normalized spacial score (nSPS) is 10.3. The Morgan fingerprint density at radius 1 is 0.897 bits per heavy atom. The van der Waals surface area contributed by atoms with Gasteiger partial charge in [-0.3, -0.25) is 14.6 Å². The lowest BCUT2D eigenvalue weighted by Gasteiger charge is -2.13. The minimum atomic E-state index is -0.369. The van der Waals surface area contributed by atoms with Gasteiger partial charge in [0, 0.05) is 17.4 Å². The lowest BCUT2D eigenvalue weighted by atomic mass is 10.0. The minimum Gasteiger partial charge on any atom is -0.495 e. The number of aromatic nitrogens is 1. The van der Waals surface area contributed by atoms with Crippen LogP contribution in [0, 0.1) is 20.8 Å². The fraction of sp³-hybridized carbons (Fsp3) is 0.174. The third-order valence-electron chi connectivity index (χ3n) is 4.53. The molecule has 29 heavy (non-hydrogen) atoms. The number of amides is 2. The Hall–Kier alpha value is -3.67. The Morgan fingerprint density at radius 2 is 1.59 bits per heavy atom. The zero-order valence-electron chi connectivity index (χ0n) is 16.9. The van der Waals surface area contributed by atoms with Gasteiger partial charge in [0.05, 0.1) is 12.8 Å². The van der Waals surface area contributed by atoms with Gasteiger partial charge in [0.25, 0.3) is 11.8 Å². The number of anilines is 2. The number of aryl methyl sites for hydroxylation is 3. The van der Waals surface area contributed by atoms with Crippen molar-refractivity contribution >= 4 is 23.2 Å². The van der Waals surface area contributed by atoms with Crippen LogP contribution in [-0.4, -0.2) is 23.9 Å². The number of rotatable bonds is 5. The number of ether oxygens (including phenoxy) is 1. The Balaban J connectivity index is 1.80. The smallest absolute Gasteiger partial charge is 0.274 e. The molecule has 6 heteroatoms. The quantitative estimate of drug-likeness (QED) is 0.672. The number of carbonyl (C=O) groups excluding carboxylic acids is 2. The Bertz CT molecular complexity index is 1050. The Morgan fingerprint density at radius 3 is 2.28 bits per heavy atom. The molecule has 2 N–H and O–H groups in total. The minimum absolute atomic E-state index is 0.164. The highest BCUT2D eigenvalue weighted by molar-refractivity contribution is 6.08. The molecule has 6 nitrogen and oxygen atoms in total. The van der Waals surface area contributed by atoms with Gasteiger partial charge in [-0.2, -0.15) is 0 Å². The van der Waals surface area contributed by atoms with Crippen LogP contribution in [0.1, 0.15) is 37.5 Å². The average molecular weight is 389 g/mol. The van der Waals surface area contributed by atoms with E-state index in [1.807, 2.05) is 39.0 Å². The number of hydrogen-bond acceptors (Lipinski definition) is 4. The summed E-state index contributed by atoms with van der Waals surface area (Å²) in [6, 6.07) is 14.2. The monoisotopic (exact) mass is 389 g/mol. The number of nitrogens with zero attached hydrogens (tertiary/aromatic N) is 1. The molecule has 0 aliphatic carbocycles. The lowest BCUT2D eigenvalue weighted by molar-refractivity contribution is 0.102. The molecule has 0 aliphatic heterocycles. The van der Waals surface area contributed by atoms with E-state index in [4.69, 9.17) is 4.74 Å². The van der Waals surface area contributed by atoms with Crippen molar-refractivity contribution in [1.82, 2.24) is 4.98 Å². The molecule has 0 fully saturated rings. The third kappa shape index (κ3) is 4.60. The number of carbonyl (C=O) groups is 2. The highest BCUT2D eigenvalue weighted by Crippen LogP contribution is 2.24. The summed E-state index contributed by atoms with van der Waals surface area (Å²) in [4.78, 5) is 29.5. The van der Waals surface area contributed by atoms with Gasteiger partial charge in [-0.15, -0.1) is 0 Å². The fourth-order valence-corrected chi connectivity index (χ4v) is 3.19. The maximum atomic E-state index is 12.7. The molecule has 0 spiro atoms. The highest BCUT2D eigenvalue weighted by atomic mass is 16.5. The molecule has 0 bridgehead atoms. The van der Waals surface area contributed by atoms with E-state index >= 15 is 0 Å². The summed E-state index contributed by atoms with van der Waals surface area (Å²) in [5, 5.41) is 5.70. The first-order valence-corrected chi connectivity index (χ1v) is 9.18. The molecular formula is C23H23N3O3. The van der Waals surface area contributed by atoms with Gasteiger partial charge in [0.2, 0.25) is 0 Å². The van der Waals surface area contributed by atoms with Crippen LogP contribution in [-0.2, 0) is 0 Å². The second kappa shape index (κ2) is 8.56. The SMILES string of the molecule is COc1ccccc1NC(=O)c1ccnc(C(=O)Nc2c(C)cc(C)cc2C)c1. The van der Waals surface area contributed by atoms with Crippen LogP contribution >= 0.6 is 0 Å². The number of methoxy groups -OCH3 is 1. The van der Waals surface area contributed by atoms with E-state index in [0.717, 1.165) is 22.4 Å². The zero-order valence-corrected chi connectivity index (χ0v) is 16.9. The van der Waals surface area contributed by atoms with Crippen molar-refractivity contribution in [2.45, 2.75) is 20.8 Å². The van der Waals surface area contributed by atoms with Crippen LogP contribution in [0.3, 0.4) is 0 Å². The second-order valence-electron chi connectivity index (χ2n) is 6.81. The summed E-state index contributed by atoms with van der Waals surface area (Å²) < 4.78 is 5.25. The van der Waals surface area contributed by atoms with Crippen molar-refractivity contribution in [1.29, 1.82) is 0 Å². The van der Waals surface area contributed by atoms with Crippen molar-refractivity contribution in [2.24, 2.45) is 0 Å². The molecule has 0 saturated carbocycles. The Kier molecular flexibility index (Phi) is 5.93. The van der Waals surface area contributed by atoms with E-state index < -0.39 is 0 Å². The van der Waals surface area contributed by atoms with Crippen molar-refractivity contribution in [3.05, 3.63) is 82.7 Å². The standard InChI is InChI=1S/C23H23N3O3/c1-14-11-15(2)21(16(3)12-14)26-23(28)19-13-17(9-10-24-19)22(27)25-18-7-5-6-8-20(18)29-4/h5-13H,1-4H3,(H,25,27)(H,26,28). The number of para-hydroxylation sites is 2. The summed E-state index contributed by atoms with van der Waals surface area (Å²) in [7, 11) is 1.54. The Labute approximate surface area is 169 Å². The lowest BCUT2D eigenvalue weighted by Crippen LogP contribution is -2.18. The molecule has 3 rings (SSSR count). The fourth-order valence-electron chi connectivity index (χ4n) is 3.19. The molecule has 0 unspecified atom stereocenters. The van der Waals surface area contributed by atoms with Gasteiger partial charge in [-0.25, -0.2) is 0 Å². The third-order valence-corrected chi connectivity index (χ3v) is 4.53. The van der Waals surface area contributed by atoms with Crippen LogP contribution in [0.25, 0.3) is 0 Å². The van der Waals surface area contributed by atoms with Crippen molar-refractivity contribution in [2.75, 3.05) is 17.7 Å². The number of pyridine rings is 1. The van der Waals surface area contributed by atoms with Gasteiger partial charge in [-0.05, 0) is 56.2 Å². The van der Waals surface area contributed by atoms with E-state index in [1.165, 1.54) is 19.4 Å². The maximum absolute atomic E-state index is 12.7. The van der Waals surface area contributed by atoms with Crippen molar-refractivity contribution < 1.29 is 14.3 Å². The summed E-state index contributed by atoms with van der Waals surface area (Å²) in [5.74, 6) is -0.168. The van der Waals surface area contributed by atoms with E-state index in [2.05, 4.69) is 15.6 Å². The van der Waals surface area contributed by atoms with Gasteiger partial charge < -0.3 is 15.4 Å². The molecule has 2 amide bonds. The predicted molar refractivity (Wildman–Crippen MR) is 114 cm³/mol. The summed E-state index contributed by atoms with van der Waals surface area (Å²) in [5.41, 5.74) is 4.87. The van der Waals surface area contributed by atoms with E-state index in [0.29, 0.717) is 17.0 Å². The van der Waals surface area contributed by atoms with Crippen LogP contribution in [0.15, 0.2) is 54.7 Å². The maximum Gasteiger partial charge on any atom is 0.274 e.